The standard InChI is InChI=1S/C27H45NO3/c1-15-4-5-24-16(2)18-7-9-27(31)20(19(18)14-28(24)13-15)11-21-22(27)12-25(30)23-10-17(29)6-8-26(21,23)3/h15-25,29-31H,4-14H2,1-3H3/t15-,16+,17-,18+,19+,20-,21-,22+,23+,24-,25+,26+,27-/m0/s1. The van der Waals surface area contributed by atoms with Crippen LogP contribution in [0.3, 0.4) is 0 Å². The number of rotatable bonds is 0. The summed E-state index contributed by atoms with van der Waals surface area (Å²) in [6.45, 7) is 9.76. The normalized spacial score (nSPS) is 61.5. The van der Waals surface area contributed by atoms with Crippen LogP contribution >= 0.6 is 0 Å². The van der Waals surface area contributed by atoms with E-state index < -0.39 is 5.60 Å². The highest BCUT2D eigenvalue weighted by atomic mass is 16.3. The fraction of sp³-hybridized carbons (Fsp3) is 1.00. The van der Waals surface area contributed by atoms with E-state index in [0.717, 1.165) is 62.3 Å². The van der Waals surface area contributed by atoms with Crippen molar-refractivity contribution in [3.63, 3.8) is 0 Å². The highest BCUT2D eigenvalue weighted by Gasteiger charge is 2.67. The summed E-state index contributed by atoms with van der Waals surface area (Å²) < 4.78 is 0. The molecule has 0 bridgehead atoms. The number of hydrogen-bond acceptors (Lipinski definition) is 4. The van der Waals surface area contributed by atoms with Gasteiger partial charge in [0.2, 0.25) is 0 Å². The van der Waals surface area contributed by atoms with Crippen LogP contribution in [-0.4, -0.2) is 57.2 Å². The first-order chi connectivity index (χ1) is 14.7. The van der Waals surface area contributed by atoms with Crippen LogP contribution in [0.25, 0.3) is 0 Å². The van der Waals surface area contributed by atoms with Crippen LogP contribution in [0.5, 0.6) is 0 Å². The van der Waals surface area contributed by atoms with E-state index in [1.54, 1.807) is 0 Å². The zero-order chi connectivity index (χ0) is 21.7. The smallest absolute Gasteiger partial charge is 0.0711 e. The SMILES string of the molecule is C[C@H]1CC[C@H]2[C@H](C)[C@H]3CC[C@@]4(O)[C@@H]5C[C@@H](O)[C@H]6C[C@@H](O)CC[C@]6(C)[C@H]5C[C@H]4[C@@H]3CN2C1. The largest absolute Gasteiger partial charge is 0.393 e. The minimum Gasteiger partial charge on any atom is -0.393 e. The lowest BCUT2D eigenvalue weighted by molar-refractivity contribution is -0.176. The van der Waals surface area contributed by atoms with Gasteiger partial charge in [-0.1, -0.05) is 20.8 Å². The number of piperidine rings is 2. The van der Waals surface area contributed by atoms with Crippen molar-refractivity contribution in [3.05, 3.63) is 0 Å². The Hall–Kier alpha value is -0.160. The Bertz CT molecular complexity index is 713. The molecule has 4 heteroatoms. The van der Waals surface area contributed by atoms with Crippen LogP contribution in [0.1, 0.15) is 78.6 Å². The fourth-order valence-electron chi connectivity index (χ4n) is 10.6. The van der Waals surface area contributed by atoms with E-state index >= 15 is 0 Å². The molecule has 13 atom stereocenters. The summed E-state index contributed by atoms with van der Waals surface area (Å²) in [5, 5.41) is 33.8. The topological polar surface area (TPSA) is 63.9 Å². The molecule has 4 saturated carbocycles. The first-order valence-corrected chi connectivity index (χ1v) is 13.5. The molecule has 176 valence electrons. The zero-order valence-electron chi connectivity index (χ0n) is 19.9. The first kappa shape index (κ1) is 21.4. The highest BCUT2D eigenvalue weighted by Crippen LogP contribution is 2.68. The summed E-state index contributed by atoms with van der Waals surface area (Å²) in [4.78, 5) is 2.81. The van der Waals surface area contributed by atoms with Gasteiger partial charge in [0.1, 0.15) is 0 Å². The molecule has 0 radical (unpaired) electrons. The predicted molar refractivity (Wildman–Crippen MR) is 121 cm³/mol. The molecule has 3 N–H and O–H groups in total. The van der Waals surface area contributed by atoms with Gasteiger partial charge in [-0.3, -0.25) is 4.90 Å². The van der Waals surface area contributed by atoms with Crippen LogP contribution in [0.4, 0.5) is 0 Å². The Morgan fingerprint density at radius 1 is 0.774 bits per heavy atom. The van der Waals surface area contributed by atoms with Gasteiger partial charge in [-0.25, -0.2) is 0 Å². The Labute approximate surface area is 188 Å². The maximum atomic E-state index is 12.3. The molecule has 0 aromatic heterocycles. The van der Waals surface area contributed by atoms with E-state index in [-0.39, 0.29) is 29.5 Å². The van der Waals surface area contributed by atoms with Crippen molar-refractivity contribution in [2.45, 2.75) is 102 Å². The molecule has 6 rings (SSSR count). The zero-order valence-corrected chi connectivity index (χ0v) is 19.9. The predicted octanol–water partition coefficient (Wildman–Crippen LogP) is 3.68. The van der Waals surface area contributed by atoms with Gasteiger partial charge in [-0.15, -0.1) is 0 Å². The van der Waals surface area contributed by atoms with Crippen molar-refractivity contribution in [2.24, 2.45) is 52.8 Å². The van der Waals surface area contributed by atoms with Crippen LogP contribution in [-0.2, 0) is 0 Å². The van der Waals surface area contributed by atoms with Gasteiger partial charge in [-0.05, 0) is 111 Å². The fourth-order valence-corrected chi connectivity index (χ4v) is 10.6. The molecule has 6 aliphatic rings. The maximum absolute atomic E-state index is 12.3. The molecule has 4 aliphatic carbocycles. The van der Waals surface area contributed by atoms with Gasteiger partial charge >= 0.3 is 0 Å². The molecule has 2 saturated heterocycles. The lowest BCUT2D eigenvalue weighted by atomic mass is 9.50. The molecule has 2 heterocycles. The lowest BCUT2D eigenvalue weighted by Gasteiger charge is -2.59. The summed E-state index contributed by atoms with van der Waals surface area (Å²) in [5.74, 6) is 4.30. The summed E-state index contributed by atoms with van der Waals surface area (Å²) in [7, 11) is 0. The second kappa shape index (κ2) is 7.17. The monoisotopic (exact) mass is 431 g/mol. The number of hydrogen-bond donors (Lipinski definition) is 3. The van der Waals surface area contributed by atoms with Gasteiger partial charge in [-0.2, -0.15) is 0 Å². The van der Waals surface area contributed by atoms with Gasteiger partial charge < -0.3 is 15.3 Å². The van der Waals surface area contributed by atoms with Gasteiger partial charge in [0.05, 0.1) is 17.8 Å². The molecular weight excluding hydrogens is 386 g/mol. The quantitative estimate of drug-likeness (QED) is 0.547. The van der Waals surface area contributed by atoms with Crippen molar-refractivity contribution >= 4 is 0 Å². The number of nitrogens with zero attached hydrogens (tertiary/aromatic N) is 1. The summed E-state index contributed by atoms with van der Waals surface area (Å²) in [6, 6.07) is 0.760. The Balaban J connectivity index is 1.32. The highest BCUT2D eigenvalue weighted by molar-refractivity contribution is 5.17. The molecule has 0 aromatic rings. The summed E-state index contributed by atoms with van der Waals surface area (Å²) >= 11 is 0. The van der Waals surface area contributed by atoms with E-state index in [0.29, 0.717) is 17.8 Å². The van der Waals surface area contributed by atoms with E-state index in [2.05, 4.69) is 25.7 Å². The first-order valence-electron chi connectivity index (χ1n) is 13.5. The third kappa shape index (κ3) is 2.93. The molecule has 0 amide bonds. The van der Waals surface area contributed by atoms with Crippen LogP contribution in [0.2, 0.25) is 0 Å². The summed E-state index contributed by atoms with van der Waals surface area (Å²) in [6.07, 6.45) is 8.78. The van der Waals surface area contributed by atoms with E-state index in [4.69, 9.17) is 0 Å². The van der Waals surface area contributed by atoms with Gasteiger partial charge in [0.15, 0.2) is 0 Å². The van der Waals surface area contributed by atoms with Crippen molar-refractivity contribution < 1.29 is 15.3 Å². The number of fused-ring (bicyclic) bond motifs is 8. The third-order valence-corrected chi connectivity index (χ3v) is 12.1. The van der Waals surface area contributed by atoms with Gasteiger partial charge in [0, 0.05) is 19.1 Å². The molecular formula is C27H45NO3. The van der Waals surface area contributed by atoms with Gasteiger partial charge in [0.25, 0.3) is 0 Å². The average molecular weight is 432 g/mol. The lowest BCUT2D eigenvalue weighted by Crippen LogP contribution is -2.62. The van der Waals surface area contributed by atoms with Crippen LogP contribution < -0.4 is 0 Å². The van der Waals surface area contributed by atoms with Crippen molar-refractivity contribution in [1.82, 2.24) is 4.90 Å². The average Bonchev–Trinajstić information content (AvgIpc) is 3.03. The summed E-state index contributed by atoms with van der Waals surface area (Å²) in [5.41, 5.74) is -0.503. The Kier molecular flexibility index (Phi) is 4.94. The molecule has 6 fully saturated rings. The van der Waals surface area contributed by atoms with Crippen molar-refractivity contribution in [3.8, 4) is 0 Å². The molecule has 2 aliphatic heterocycles. The van der Waals surface area contributed by atoms with Crippen LogP contribution in [0, 0.1) is 52.8 Å². The number of aliphatic hydroxyl groups excluding tert-OH is 2. The second-order valence-corrected chi connectivity index (χ2v) is 13.3. The third-order valence-electron chi connectivity index (χ3n) is 12.1. The van der Waals surface area contributed by atoms with E-state index in [1.807, 2.05) is 0 Å². The second-order valence-electron chi connectivity index (χ2n) is 13.3. The maximum Gasteiger partial charge on any atom is 0.0711 e. The molecule has 4 nitrogen and oxygen atoms in total. The Morgan fingerprint density at radius 3 is 2.39 bits per heavy atom. The molecule has 0 unspecified atom stereocenters. The van der Waals surface area contributed by atoms with E-state index in [9.17, 15) is 15.3 Å². The van der Waals surface area contributed by atoms with Crippen LogP contribution in [0.15, 0.2) is 0 Å². The minimum absolute atomic E-state index is 0.0760. The Morgan fingerprint density at radius 2 is 1.58 bits per heavy atom. The van der Waals surface area contributed by atoms with Crippen molar-refractivity contribution in [1.29, 1.82) is 0 Å². The molecule has 0 spiro atoms. The minimum atomic E-state index is -0.579. The number of aliphatic hydroxyl groups is 3. The molecule has 31 heavy (non-hydrogen) atoms. The molecule has 0 aromatic carbocycles. The van der Waals surface area contributed by atoms with Crippen molar-refractivity contribution in [2.75, 3.05) is 13.1 Å². The van der Waals surface area contributed by atoms with E-state index in [1.165, 1.54) is 32.4 Å².